The minimum Gasteiger partial charge on any atom is -0.320 e. The van der Waals surface area contributed by atoms with E-state index >= 15 is 0 Å². The van der Waals surface area contributed by atoms with Crippen molar-refractivity contribution in [3.63, 3.8) is 0 Å². The molecule has 0 aliphatic carbocycles. The average Bonchev–Trinajstić information content (AvgIpc) is 2.48. The fourth-order valence-electron chi connectivity index (χ4n) is 1.88. The second kappa shape index (κ2) is 5.22. The van der Waals surface area contributed by atoms with E-state index in [2.05, 4.69) is 10.3 Å². The van der Waals surface area contributed by atoms with Crippen molar-refractivity contribution in [3.05, 3.63) is 69.3 Å². The number of pyridine rings is 1. The molecule has 98 valence electrons. The van der Waals surface area contributed by atoms with Gasteiger partial charge in [0.25, 0.3) is 5.91 Å². The number of carbonyl (C=O) groups is 1. The number of rotatable bonds is 2. The van der Waals surface area contributed by atoms with Crippen LogP contribution in [0, 0.1) is 0 Å². The molecule has 0 spiro atoms. The highest BCUT2D eigenvalue weighted by Crippen LogP contribution is 2.16. The highest BCUT2D eigenvalue weighted by atomic mass is 32.1. The molecule has 4 nitrogen and oxygen atoms in total. The van der Waals surface area contributed by atoms with Gasteiger partial charge in [-0.15, -0.1) is 0 Å². The Kier molecular flexibility index (Phi) is 3.26. The van der Waals surface area contributed by atoms with Crippen LogP contribution in [-0.2, 0) is 0 Å². The Morgan fingerprint density at radius 2 is 2.00 bits per heavy atom. The molecule has 3 aromatic rings. The van der Waals surface area contributed by atoms with Gasteiger partial charge in [0.1, 0.15) is 0 Å². The standard InChI is InChI=1S/C15H10N2O2S/c18-14(17-11-5-3-7-16-9-11)13-8-10-4-1-2-6-12(10)15(19)20-13/h1-9H,(H,17,18). The van der Waals surface area contributed by atoms with E-state index < -0.39 is 0 Å². The monoisotopic (exact) mass is 282 g/mol. The molecule has 0 unspecified atom stereocenters. The molecule has 20 heavy (non-hydrogen) atoms. The Hall–Kier alpha value is -2.53. The van der Waals surface area contributed by atoms with Crippen molar-refractivity contribution in [2.45, 2.75) is 0 Å². The molecule has 2 aromatic heterocycles. The van der Waals surface area contributed by atoms with Gasteiger partial charge in [-0.25, -0.2) is 0 Å². The maximum Gasteiger partial charge on any atom is 0.265 e. The van der Waals surface area contributed by atoms with Gasteiger partial charge >= 0.3 is 0 Å². The number of carbonyl (C=O) groups excluding carboxylic acids is 1. The highest BCUT2D eigenvalue weighted by molar-refractivity contribution is 7.12. The number of hydrogen-bond acceptors (Lipinski definition) is 4. The van der Waals surface area contributed by atoms with Gasteiger partial charge in [0, 0.05) is 11.6 Å². The number of nitrogens with zero attached hydrogens (tertiary/aromatic N) is 1. The van der Waals surface area contributed by atoms with Crippen LogP contribution in [0.1, 0.15) is 9.67 Å². The van der Waals surface area contributed by atoms with Gasteiger partial charge in [-0.3, -0.25) is 14.6 Å². The SMILES string of the molecule is O=C(Nc1cccnc1)c1cc2ccccc2c(=O)s1. The van der Waals surface area contributed by atoms with Gasteiger partial charge in [0.2, 0.25) is 4.74 Å². The lowest BCUT2D eigenvalue weighted by molar-refractivity contribution is 0.103. The molecule has 0 radical (unpaired) electrons. The van der Waals surface area contributed by atoms with Crippen molar-refractivity contribution >= 4 is 33.7 Å². The molecule has 1 N–H and O–H groups in total. The van der Waals surface area contributed by atoms with E-state index in [1.807, 2.05) is 18.2 Å². The molecule has 5 heteroatoms. The summed E-state index contributed by atoms with van der Waals surface area (Å²) in [7, 11) is 0. The molecule has 0 aliphatic rings. The van der Waals surface area contributed by atoms with Crippen LogP contribution in [0.15, 0.2) is 59.7 Å². The second-order valence-electron chi connectivity index (χ2n) is 4.18. The quantitative estimate of drug-likeness (QED) is 0.786. The van der Waals surface area contributed by atoms with Gasteiger partial charge in [-0.2, -0.15) is 0 Å². The molecular weight excluding hydrogens is 272 g/mol. The Labute approximate surface area is 118 Å². The fourth-order valence-corrected chi connectivity index (χ4v) is 2.70. The molecule has 3 rings (SSSR count). The number of hydrogen-bond donors (Lipinski definition) is 1. The van der Waals surface area contributed by atoms with Crippen LogP contribution in [0.4, 0.5) is 5.69 Å². The van der Waals surface area contributed by atoms with Crippen LogP contribution in [0.3, 0.4) is 0 Å². The third kappa shape index (κ3) is 2.44. The summed E-state index contributed by atoms with van der Waals surface area (Å²) in [5.41, 5.74) is 0.602. The van der Waals surface area contributed by atoms with Crippen LogP contribution in [0.25, 0.3) is 10.8 Å². The van der Waals surface area contributed by atoms with Gasteiger partial charge in [0.05, 0.1) is 16.8 Å². The maximum absolute atomic E-state index is 12.1. The zero-order valence-electron chi connectivity index (χ0n) is 10.4. The van der Waals surface area contributed by atoms with Crippen LogP contribution in [0.5, 0.6) is 0 Å². The summed E-state index contributed by atoms with van der Waals surface area (Å²) in [5.74, 6) is -0.300. The highest BCUT2D eigenvalue weighted by Gasteiger charge is 2.10. The van der Waals surface area contributed by atoms with E-state index in [9.17, 15) is 9.59 Å². The summed E-state index contributed by atoms with van der Waals surface area (Å²) in [4.78, 5) is 28.4. The first kappa shape index (κ1) is 12.5. The third-order valence-corrected chi connectivity index (χ3v) is 3.74. The number of aromatic nitrogens is 1. The van der Waals surface area contributed by atoms with E-state index in [-0.39, 0.29) is 10.6 Å². The Morgan fingerprint density at radius 3 is 2.80 bits per heavy atom. The van der Waals surface area contributed by atoms with Crippen molar-refractivity contribution in [1.29, 1.82) is 0 Å². The number of anilines is 1. The lowest BCUT2D eigenvalue weighted by Gasteiger charge is -2.04. The summed E-state index contributed by atoms with van der Waals surface area (Å²) in [6.07, 6.45) is 3.19. The lowest BCUT2D eigenvalue weighted by atomic mass is 10.2. The molecular formula is C15H10N2O2S. The van der Waals surface area contributed by atoms with E-state index in [1.54, 1.807) is 36.7 Å². The summed E-state index contributed by atoms with van der Waals surface area (Å²) in [5, 5.41) is 4.13. The number of amides is 1. The van der Waals surface area contributed by atoms with Crippen molar-refractivity contribution < 1.29 is 4.79 Å². The topological polar surface area (TPSA) is 59.1 Å². The molecule has 1 amide bonds. The molecule has 0 aliphatic heterocycles. The predicted molar refractivity (Wildman–Crippen MR) is 80.3 cm³/mol. The van der Waals surface area contributed by atoms with E-state index in [4.69, 9.17) is 0 Å². The largest absolute Gasteiger partial charge is 0.320 e. The van der Waals surface area contributed by atoms with Crippen LogP contribution >= 0.6 is 11.3 Å². The molecule has 0 atom stereocenters. The number of nitrogens with one attached hydrogen (secondary N) is 1. The van der Waals surface area contributed by atoms with E-state index in [0.29, 0.717) is 16.0 Å². The first-order chi connectivity index (χ1) is 9.74. The first-order valence-electron chi connectivity index (χ1n) is 5.98. The average molecular weight is 282 g/mol. The van der Waals surface area contributed by atoms with Gasteiger partial charge in [-0.05, 0) is 29.7 Å². The van der Waals surface area contributed by atoms with Crippen LogP contribution in [-0.4, -0.2) is 10.9 Å². The Balaban J connectivity index is 1.98. The maximum atomic E-state index is 12.1. The van der Waals surface area contributed by atoms with Gasteiger partial charge in [-0.1, -0.05) is 29.5 Å². The second-order valence-corrected chi connectivity index (χ2v) is 5.20. The van der Waals surface area contributed by atoms with Gasteiger partial charge < -0.3 is 5.32 Å². The minimum atomic E-state index is -0.300. The summed E-state index contributed by atoms with van der Waals surface area (Å²) >= 11 is 0.946. The zero-order chi connectivity index (χ0) is 13.9. The molecule has 0 bridgehead atoms. The Morgan fingerprint density at radius 1 is 1.15 bits per heavy atom. The lowest BCUT2D eigenvalue weighted by Crippen LogP contribution is -2.12. The van der Waals surface area contributed by atoms with Crippen molar-refractivity contribution in [2.24, 2.45) is 0 Å². The van der Waals surface area contributed by atoms with Crippen molar-refractivity contribution in [3.8, 4) is 0 Å². The normalized spacial score (nSPS) is 10.4. The molecule has 0 saturated carbocycles. The Bertz CT molecular complexity index is 828. The van der Waals surface area contributed by atoms with Crippen LogP contribution < -0.4 is 10.1 Å². The molecule has 0 saturated heterocycles. The van der Waals surface area contributed by atoms with Gasteiger partial charge in [0.15, 0.2) is 0 Å². The first-order valence-corrected chi connectivity index (χ1v) is 6.80. The predicted octanol–water partition coefficient (Wildman–Crippen LogP) is 2.91. The molecule has 1 aromatic carbocycles. The van der Waals surface area contributed by atoms with Crippen molar-refractivity contribution in [2.75, 3.05) is 5.32 Å². The summed E-state index contributed by atoms with van der Waals surface area (Å²) < 4.78 is -0.112. The van der Waals surface area contributed by atoms with E-state index in [1.165, 1.54) is 0 Å². The molecule has 2 heterocycles. The summed E-state index contributed by atoms with van der Waals surface area (Å²) in [6, 6.07) is 12.4. The minimum absolute atomic E-state index is 0.112. The fraction of sp³-hybridized carbons (Fsp3) is 0. The smallest absolute Gasteiger partial charge is 0.265 e. The number of benzene rings is 1. The van der Waals surface area contributed by atoms with Crippen molar-refractivity contribution in [1.82, 2.24) is 4.98 Å². The zero-order valence-corrected chi connectivity index (χ0v) is 11.2. The molecule has 0 fully saturated rings. The van der Waals surface area contributed by atoms with Crippen LogP contribution in [0.2, 0.25) is 0 Å². The van der Waals surface area contributed by atoms with E-state index in [0.717, 1.165) is 16.7 Å². The number of fused-ring (bicyclic) bond motifs is 1. The third-order valence-electron chi connectivity index (χ3n) is 2.81. The summed E-state index contributed by atoms with van der Waals surface area (Å²) in [6.45, 7) is 0.